The number of imidazole rings is 1. The first-order chi connectivity index (χ1) is 12.8. The van der Waals surface area contributed by atoms with Crippen LogP contribution in [0.4, 0.5) is 13.2 Å². The second kappa shape index (κ2) is 11.2. The maximum atomic E-state index is 12.3. The number of methoxy groups -OCH3 is 1. The summed E-state index contributed by atoms with van der Waals surface area (Å²) in [5, 5.41) is 0. The monoisotopic (exact) mass is 504 g/mol. The van der Waals surface area contributed by atoms with Gasteiger partial charge < -0.3 is 26.2 Å². The quantitative estimate of drug-likeness (QED) is 0.130. The molecule has 178 valence electrons. The summed E-state index contributed by atoms with van der Waals surface area (Å²) in [5.41, 5.74) is -5.65. The Balaban J connectivity index is 0. The van der Waals surface area contributed by atoms with Gasteiger partial charge in [-0.15, -0.1) is 3.97 Å². The molecule has 0 amide bonds. The number of aromatic nitrogens is 2. The van der Waals surface area contributed by atoms with Crippen molar-refractivity contribution in [2.75, 3.05) is 34.8 Å². The van der Waals surface area contributed by atoms with Crippen LogP contribution < -0.4 is 21.7 Å². The summed E-state index contributed by atoms with van der Waals surface area (Å²) in [6.07, 6.45) is 4.47. The molecule has 0 spiro atoms. The van der Waals surface area contributed by atoms with Gasteiger partial charge in [-0.25, -0.2) is 13.0 Å². The number of rotatable bonds is 7. The molecule has 1 N–H and O–H groups in total. The number of hydrogen-bond donors (Lipinski definition) is 1. The van der Waals surface area contributed by atoms with Crippen molar-refractivity contribution in [3.63, 3.8) is 0 Å². The van der Waals surface area contributed by atoms with E-state index in [0.29, 0.717) is 11.0 Å². The zero-order valence-electron chi connectivity index (χ0n) is 16.8. The largest absolute Gasteiger partial charge is 1.00 e. The van der Waals surface area contributed by atoms with Crippen LogP contribution in [0.2, 0.25) is 0 Å². The number of nitrogens with one attached hydrogen (secondary N) is 1. The average molecular weight is 505 g/mol. The second-order valence-electron chi connectivity index (χ2n) is 6.88. The molecule has 0 fully saturated rings. The number of hydrogen-bond acceptors (Lipinski definition) is 7. The Bertz CT molecular complexity index is 897. The van der Waals surface area contributed by atoms with Crippen LogP contribution in [0.3, 0.4) is 0 Å². The predicted molar refractivity (Wildman–Crippen MR) is 92.1 cm³/mol. The normalized spacial score (nSPS) is 13.5. The maximum Gasteiger partial charge on any atom is 0.485 e. The summed E-state index contributed by atoms with van der Waals surface area (Å²) < 4.78 is 93.9. The van der Waals surface area contributed by atoms with Crippen LogP contribution in [0.1, 0.15) is 6.42 Å². The summed E-state index contributed by atoms with van der Waals surface area (Å²) in [4.78, 5) is 11.5. The number of esters is 1. The molecule has 11 nitrogen and oxygen atoms in total. The number of carbonyl (C=O) groups excluding carboxylic acids is 1. The number of nitrogens with zero attached hydrogens (tertiary/aromatic N) is 3. The Morgan fingerprint density at radius 2 is 1.73 bits per heavy atom. The van der Waals surface area contributed by atoms with Crippen LogP contribution in [-0.4, -0.2) is 82.2 Å². The van der Waals surface area contributed by atoms with Crippen LogP contribution in [0.25, 0.3) is 0 Å². The molecule has 0 bridgehead atoms. The van der Waals surface area contributed by atoms with Gasteiger partial charge in [0, 0.05) is 0 Å². The van der Waals surface area contributed by atoms with Crippen LogP contribution in [0.5, 0.6) is 0 Å². The molecule has 0 aromatic carbocycles. The average Bonchev–Trinajstić information content (AvgIpc) is 2.90. The van der Waals surface area contributed by atoms with E-state index in [4.69, 9.17) is 13.0 Å². The maximum absolute atomic E-state index is 12.3. The molecule has 1 atom stereocenters. The van der Waals surface area contributed by atoms with Gasteiger partial charge in [-0.05, 0) is 0 Å². The van der Waals surface area contributed by atoms with E-state index in [9.17, 15) is 26.4 Å². The van der Waals surface area contributed by atoms with E-state index in [1.54, 1.807) is 17.8 Å². The first kappa shape index (κ1) is 30.7. The van der Waals surface area contributed by atoms with E-state index < -0.39 is 37.8 Å². The third kappa shape index (κ3) is 11.7. The predicted octanol–water partition coefficient (Wildman–Crippen LogP) is -4.31. The summed E-state index contributed by atoms with van der Waals surface area (Å²) in [6, 6.07) is -0.546. The third-order valence-corrected chi connectivity index (χ3v) is 5.00. The van der Waals surface area contributed by atoms with Crippen LogP contribution >= 0.6 is 0 Å². The highest BCUT2D eigenvalue weighted by Crippen LogP contribution is 2.20. The van der Waals surface area contributed by atoms with E-state index >= 15 is 0 Å². The Hall–Kier alpha value is -1.46. The smallest absolute Gasteiger partial charge is 0.485 e. The van der Waals surface area contributed by atoms with Crippen LogP contribution in [0, 0.1) is 0 Å². The van der Waals surface area contributed by atoms with Gasteiger partial charge >= 0.3 is 21.7 Å². The third-order valence-electron chi connectivity index (χ3n) is 3.03. The lowest BCUT2D eigenvalue weighted by atomic mass is 10.2. The van der Waals surface area contributed by atoms with Crippen molar-refractivity contribution >= 4 is 26.3 Å². The summed E-state index contributed by atoms with van der Waals surface area (Å²) in [6.45, 7) is 0.460. The summed E-state index contributed by atoms with van der Waals surface area (Å²) in [7, 11) is -1.04. The first-order valence-electron chi connectivity index (χ1n) is 7.74. The number of ether oxygens (including phenoxy) is 1. The van der Waals surface area contributed by atoms with Crippen LogP contribution in [0.15, 0.2) is 18.7 Å². The molecule has 0 aliphatic rings. The lowest BCUT2D eigenvalue weighted by Crippen LogP contribution is -3.00. The van der Waals surface area contributed by atoms with E-state index in [-0.39, 0.29) is 18.8 Å². The first-order valence-corrected chi connectivity index (χ1v) is 10.6. The lowest BCUT2D eigenvalue weighted by Gasteiger charge is -2.28. The molecule has 0 unspecified atom stereocenters. The van der Waals surface area contributed by atoms with E-state index in [0.717, 1.165) is 3.97 Å². The van der Waals surface area contributed by atoms with Crippen molar-refractivity contribution in [2.24, 2.45) is 7.05 Å². The topological polar surface area (TPSA) is 138 Å². The molecule has 1 aromatic rings. The highest BCUT2D eigenvalue weighted by molar-refractivity contribution is 7.88. The molecule has 0 aliphatic carbocycles. The SMILES string of the molecule is COC(=O)C[C@H](C[N+](C)(C)C)NS(=O)(=O)n1cc[n+](C)c1.O=S(=O)([O-])C(F)(F)F.[Cl-]. The molecule has 0 radical (unpaired) electrons. The Morgan fingerprint density at radius 1 is 1.27 bits per heavy atom. The number of halogens is 4. The van der Waals surface area contributed by atoms with Crippen molar-refractivity contribution in [2.45, 2.75) is 18.0 Å². The summed E-state index contributed by atoms with van der Waals surface area (Å²) in [5.74, 6) is -0.450. The molecule has 0 aliphatic heterocycles. The number of quaternary nitrogens is 1. The van der Waals surface area contributed by atoms with Gasteiger partial charge in [0.05, 0.1) is 54.3 Å². The van der Waals surface area contributed by atoms with Gasteiger partial charge in [0.15, 0.2) is 10.1 Å². The minimum atomic E-state index is -6.09. The lowest BCUT2D eigenvalue weighted by molar-refractivity contribution is -0.871. The van der Waals surface area contributed by atoms with Gasteiger partial charge in [0.25, 0.3) is 6.33 Å². The Labute approximate surface area is 179 Å². The fourth-order valence-electron chi connectivity index (χ4n) is 1.93. The van der Waals surface area contributed by atoms with Crippen molar-refractivity contribution in [3.8, 4) is 0 Å². The Kier molecular flexibility index (Phi) is 11.5. The molecule has 30 heavy (non-hydrogen) atoms. The van der Waals surface area contributed by atoms with Crippen LogP contribution in [-0.2, 0) is 36.9 Å². The zero-order valence-corrected chi connectivity index (χ0v) is 19.1. The zero-order chi connectivity index (χ0) is 23.3. The van der Waals surface area contributed by atoms with E-state index in [2.05, 4.69) is 9.46 Å². The van der Waals surface area contributed by atoms with Gasteiger partial charge in [-0.1, -0.05) is 0 Å². The highest BCUT2D eigenvalue weighted by atomic mass is 35.5. The summed E-state index contributed by atoms with van der Waals surface area (Å²) >= 11 is 0. The number of carbonyl (C=O) groups is 1. The fraction of sp³-hybridized carbons (Fsp3) is 0.692. The van der Waals surface area contributed by atoms with Gasteiger partial charge in [0.1, 0.15) is 12.4 Å². The minimum absolute atomic E-state index is 0. The molecule has 0 saturated heterocycles. The number of aryl methyl sites for hydroxylation is 1. The molecule has 1 heterocycles. The molecular weight excluding hydrogens is 481 g/mol. The standard InChI is InChI=1S/C12H24N4O4S.CHF3O3S.ClH/c1-14-6-7-15(10-14)21(18,19)13-11(8-12(17)20-5)9-16(2,3)4;2-1(3,4)8(5,6)7;/h6-7,10-11,13H,8-9H2,1-5H3;(H,5,6,7);1H/q+2;;/p-2/t11-;;/m1../s1. The molecule has 0 saturated carbocycles. The molecule has 17 heteroatoms. The van der Waals surface area contributed by atoms with Crippen molar-refractivity contribution in [3.05, 3.63) is 18.7 Å². The second-order valence-corrected chi connectivity index (χ2v) is 9.86. The van der Waals surface area contributed by atoms with Crippen molar-refractivity contribution in [1.82, 2.24) is 8.69 Å². The molecule has 1 aromatic heterocycles. The molecule has 1 rings (SSSR count). The van der Waals surface area contributed by atoms with E-state index in [1.165, 1.54) is 19.6 Å². The Morgan fingerprint density at radius 3 is 2.03 bits per heavy atom. The van der Waals surface area contributed by atoms with Gasteiger partial charge in [-0.3, -0.25) is 4.79 Å². The number of likely N-dealkylation sites (N-methyl/N-ethyl adjacent to an activating group) is 1. The fourth-order valence-corrected chi connectivity index (χ4v) is 3.12. The van der Waals surface area contributed by atoms with Gasteiger partial charge in [-0.2, -0.15) is 26.3 Å². The highest BCUT2D eigenvalue weighted by Gasteiger charge is 2.37. The van der Waals surface area contributed by atoms with Gasteiger partial charge in [0.2, 0.25) is 0 Å². The van der Waals surface area contributed by atoms with Crippen molar-refractivity contribution in [1.29, 1.82) is 0 Å². The molecular formula is C13H24ClF3N4O7S2. The minimum Gasteiger partial charge on any atom is -1.00 e. The van der Waals surface area contributed by atoms with E-state index in [1.807, 2.05) is 21.1 Å². The van der Waals surface area contributed by atoms with Crippen molar-refractivity contribution < 1.29 is 65.5 Å². The number of alkyl halides is 3.